The molecule has 0 unspecified atom stereocenters. The molecule has 0 radical (unpaired) electrons. The molecule has 0 aliphatic heterocycles. The summed E-state index contributed by atoms with van der Waals surface area (Å²) < 4.78 is 1.49. The molecule has 5 heteroatoms. The number of aromatic nitrogens is 2. The van der Waals surface area contributed by atoms with Gasteiger partial charge in [0.2, 0.25) is 0 Å². The lowest BCUT2D eigenvalue weighted by Crippen LogP contribution is -2.27. The average molecular weight is 258 g/mol. The van der Waals surface area contributed by atoms with E-state index in [2.05, 4.69) is 22.5 Å². The number of nitrogens with one attached hydrogen (secondary N) is 1. The predicted molar refractivity (Wildman–Crippen MR) is 74.7 cm³/mol. The lowest BCUT2D eigenvalue weighted by atomic mass is 10.1. The second kappa shape index (κ2) is 6.04. The first kappa shape index (κ1) is 13.1. The van der Waals surface area contributed by atoms with Gasteiger partial charge in [-0.3, -0.25) is 9.48 Å². The lowest BCUT2D eigenvalue weighted by molar-refractivity contribution is 0.0945. The Morgan fingerprint density at radius 3 is 2.74 bits per heavy atom. The molecule has 19 heavy (non-hydrogen) atoms. The molecule has 1 aromatic heterocycles. The SMILES string of the molecule is Cn1ncc(N)c1C(=O)NCCCc1ccccc1. The van der Waals surface area contributed by atoms with E-state index >= 15 is 0 Å². The maximum absolute atomic E-state index is 11.9. The molecular weight excluding hydrogens is 240 g/mol. The van der Waals surface area contributed by atoms with Crippen LogP contribution in [0.15, 0.2) is 36.5 Å². The van der Waals surface area contributed by atoms with Crippen LogP contribution in [0.3, 0.4) is 0 Å². The van der Waals surface area contributed by atoms with Crippen LogP contribution in [0.5, 0.6) is 0 Å². The van der Waals surface area contributed by atoms with Gasteiger partial charge in [0.15, 0.2) is 0 Å². The zero-order valence-electron chi connectivity index (χ0n) is 11.0. The predicted octanol–water partition coefficient (Wildman–Crippen LogP) is 1.36. The number of benzene rings is 1. The molecule has 0 atom stereocenters. The summed E-state index contributed by atoms with van der Waals surface area (Å²) in [5.74, 6) is -0.175. The minimum atomic E-state index is -0.175. The van der Waals surface area contributed by atoms with E-state index in [1.165, 1.54) is 16.4 Å². The minimum absolute atomic E-state index is 0.175. The molecule has 0 aliphatic carbocycles. The highest BCUT2D eigenvalue weighted by molar-refractivity contribution is 5.97. The second-order valence-electron chi connectivity index (χ2n) is 4.42. The third-order valence-electron chi connectivity index (χ3n) is 2.95. The molecule has 3 N–H and O–H groups in total. The highest BCUT2D eigenvalue weighted by Gasteiger charge is 2.13. The van der Waals surface area contributed by atoms with Gasteiger partial charge in [-0.25, -0.2) is 0 Å². The Kier molecular flexibility index (Phi) is 4.18. The summed E-state index contributed by atoms with van der Waals surface area (Å²) >= 11 is 0. The van der Waals surface area contributed by atoms with Crippen LogP contribution in [-0.2, 0) is 13.5 Å². The maximum atomic E-state index is 11.9. The van der Waals surface area contributed by atoms with E-state index in [0.717, 1.165) is 12.8 Å². The van der Waals surface area contributed by atoms with Gasteiger partial charge in [0.05, 0.1) is 11.9 Å². The van der Waals surface area contributed by atoms with Crippen molar-refractivity contribution in [3.05, 3.63) is 47.8 Å². The Labute approximate surface area is 112 Å². The van der Waals surface area contributed by atoms with Crippen LogP contribution in [0.4, 0.5) is 5.69 Å². The van der Waals surface area contributed by atoms with E-state index in [4.69, 9.17) is 5.73 Å². The highest BCUT2D eigenvalue weighted by Crippen LogP contribution is 2.08. The first-order valence-corrected chi connectivity index (χ1v) is 6.28. The van der Waals surface area contributed by atoms with E-state index in [-0.39, 0.29) is 5.91 Å². The number of carbonyl (C=O) groups excluding carboxylic acids is 1. The summed E-state index contributed by atoms with van der Waals surface area (Å²) in [6, 6.07) is 10.2. The number of nitrogens with zero attached hydrogens (tertiary/aromatic N) is 2. The van der Waals surface area contributed by atoms with Crippen LogP contribution < -0.4 is 11.1 Å². The Morgan fingerprint density at radius 1 is 1.37 bits per heavy atom. The van der Waals surface area contributed by atoms with Crippen molar-refractivity contribution in [2.45, 2.75) is 12.8 Å². The van der Waals surface area contributed by atoms with Crippen LogP contribution in [0.1, 0.15) is 22.5 Å². The van der Waals surface area contributed by atoms with Gasteiger partial charge in [0, 0.05) is 13.6 Å². The fourth-order valence-electron chi connectivity index (χ4n) is 1.96. The maximum Gasteiger partial charge on any atom is 0.271 e. The van der Waals surface area contributed by atoms with Crippen LogP contribution in [0, 0.1) is 0 Å². The Balaban J connectivity index is 1.79. The summed E-state index contributed by atoms with van der Waals surface area (Å²) in [6.07, 6.45) is 3.33. The fraction of sp³-hybridized carbons (Fsp3) is 0.286. The third-order valence-corrected chi connectivity index (χ3v) is 2.95. The number of hydrogen-bond acceptors (Lipinski definition) is 3. The van der Waals surface area contributed by atoms with Crippen molar-refractivity contribution in [2.24, 2.45) is 7.05 Å². The van der Waals surface area contributed by atoms with Crippen molar-refractivity contribution in [3.63, 3.8) is 0 Å². The molecule has 5 nitrogen and oxygen atoms in total. The second-order valence-corrected chi connectivity index (χ2v) is 4.42. The topological polar surface area (TPSA) is 72.9 Å². The average Bonchev–Trinajstić information content (AvgIpc) is 2.75. The molecule has 1 heterocycles. The van der Waals surface area contributed by atoms with Gasteiger partial charge in [0.25, 0.3) is 5.91 Å². The Hall–Kier alpha value is -2.30. The van der Waals surface area contributed by atoms with Crippen molar-refractivity contribution < 1.29 is 4.79 Å². The molecule has 0 fully saturated rings. The summed E-state index contributed by atoms with van der Waals surface area (Å²) in [7, 11) is 1.70. The van der Waals surface area contributed by atoms with Gasteiger partial charge < -0.3 is 11.1 Å². The van der Waals surface area contributed by atoms with Gasteiger partial charge >= 0.3 is 0 Å². The number of aryl methyl sites for hydroxylation is 2. The summed E-state index contributed by atoms with van der Waals surface area (Å²) in [5.41, 5.74) is 7.79. The minimum Gasteiger partial charge on any atom is -0.396 e. The smallest absolute Gasteiger partial charge is 0.271 e. The zero-order valence-corrected chi connectivity index (χ0v) is 11.0. The zero-order chi connectivity index (χ0) is 13.7. The van der Waals surface area contributed by atoms with Gasteiger partial charge in [-0.15, -0.1) is 0 Å². The Bertz CT molecular complexity index is 528. The van der Waals surface area contributed by atoms with Gasteiger partial charge in [0.1, 0.15) is 5.69 Å². The molecule has 0 bridgehead atoms. The van der Waals surface area contributed by atoms with Crippen molar-refractivity contribution >= 4 is 11.6 Å². The molecule has 2 aromatic rings. The van der Waals surface area contributed by atoms with Crippen LogP contribution in [0.25, 0.3) is 0 Å². The van der Waals surface area contributed by atoms with Crippen molar-refractivity contribution in [2.75, 3.05) is 12.3 Å². The van der Waals surface area contributed by atoms with Gasteiger partial charge in [-0.2, -0.15) is 5.10 Å². The molecule has 1 amide bonds. The first-order chi connectivity index (χ1) is 9.18. The lowest BCUT2D eigenvalue weighted by Gasteiger charge is -2.06. The number of anilines is 1. The number of nitrogen functional groups attached to an aromatic ring is 1. The molecule has 0 saturated carbocycles. The number of hydrogen-bond donors (Lipinski definition) is 2. The van der Waals surface area contributed by atoms with E-state index in [9.17, 15) is 4.79 Å². The Morgan fingerprint density at radius 2 is 2.11 bits per heavy atom. The van der Waals surface area contributed by atoms with Crippen LogP contribution >= 0.6 is 0 Å². The van der Waals surface area contributed by atoms with Crippen LogP contribution in [0.2, 0.25) is 0 Å². The first-order valence-electron chi connectivity index (χ1n) is 6.28. The molecule has 100 valence electrons. The molecule has 2 rings (SSSR count). The van der Waals surface area contributed by atoms with Crippen molar-refractivity contribution in [1.82, 2.24) is 15.1 Å². The highest BCUT2D eigenvalue weighted by atomic mass is 16.2. The summed E-state index contributed by atoms with van der Waals surface area (Å²) in [4.78, 5) is 11.9. The number of amides is 1. The normalized spacial score (nSPS) is 10.4. The molecule has 1 aromatic carbocycles. The third kappa shape index (κ3) is 3.34. The molecule has 0 aliphatic rings. The molecule has 0 spiro atoms. The fourth-order valence-corrected chi connectivity index (χ4v) is 1.96. The largest absolute Gasteiger partial charge is 0.396 e. The summed E-state index contributed by atoms with van der Waals surface area (Å²) in [6.45, 7) is 0.623. The molecule has 0 saturated heterocycles. The van der Waals surface area contributed by atoms with Crippen molar-refractivity contribution in [1.29, 1.82) is 0 Å². The van der Waals surface area contributed by atoms with Crippen LogP contribution in [-0.4, -0.2) is 22.2 Å². The van der Waals surface area contributed by atoms with E-state index in [1.54, 1.807) is 7.05 Å². The monoisotopic (exact) mass is 258 g/mol. The van der Waals surface area contributed by atoms with E-state index in [0.29, 0.717) is 17.9 Å². The quantitative estimate of drug-likeness (QED) is 0.795. The molecular formula is C14H18N4O. The number of rotatable bonds is 5. The van der Waals surface area contributed by atoms with E-state index in [1.807, 2.05) is 18.2 Å². The number of carbonyl (C=O) groups is 1. The summed E-state index contributed by atoms with van der Waals surface area (Å²) in [5, 5.41) is 6.80. The van der Waals surface area contributed by atoms with E-state index < -0.39 is 0 Å². The number of nitrogens with two attached hydrogens (primary N) is 1. The standard InChI is InChI=1S/C14H18N4O/c1-18-13(12(15)10-17-18)14(19)16-9-5-8-11-6-3-2-4-7-11/h2-4,6-7,10H,5,8-9,15H2,1H3,(H,16,19). The van der Waals surface area contributed by atoms with Crippen molar-refractivity contribution in [3.8, 4) is 0 Å². The van der Waals surface area contributed by atoms with Gasteiger partial charge in [-0.05, 0) is 18.4 Å². The van der Waals surface area contributed by atoms with Gasteiger partial charge in [-0.1, -0.05) is 30.3 Å².